The highest BCUT2D eigenvalue weighted by atomic mass is 32.2. The van der Waals surface area contributed by atoms with Crippen LogP contribution in [0.15, 0.2) is 41.3 Å². The minimum Gasteiger partial charge on any atom is -0.406 e. The molecule has 20 heavy (non-hydrogen) atoms. The summed E-state index contributed by atoms with van der Waals surface area (Å²) in [7, 11) is -4.16. The van der Waals surface area contributed by atoms with E-state index >= 15 is 0 Å². The molecule has 0 aliphatic rings. The molecule has 0 aromatic heterocycles. The van der Waals surface area contributed by atoms with Crippen LogP contribution in [-0.4, -0.2) is 20.7 Å². The van der Waals surface area contributed by atoms with Gasteiger partial charge in [0.1, 0.15) is 5.75 Å². The molecule has 1 N–H and O–H groups in total. The Morgan fingerprint density at radius 3 is 2.15 bits per heavy atom. The highest BCUT2D eigenvalue weighted by Gasteiger charge is 2.31. The fraction of sp³-hybridized carbons (Fsp3) is 0.182. The van der Waals surface area contributed by atoms with Crippen molar-refractivity contribution in [1.82, 2.24) is 4.72 Å². The number of carbonyl (C=O) groups is 1. The quantitative estimate of drug-likeness (QED) is 0.863. The fourth-order valence-corrected chi connectivity index (χ4v) is 2.12. The van der Waals surface area contributed by atoms with Gasteiger partial charge < -0.3 is 4.74 Å². The molecule has 1 aromatic carbocycles. The number of carbonyl (C=O) groups excluding carboxylic acids is 1. The molecule has 0 radical (unpaired) electrons. The number of alkyl halides is 3. The van der Waals surface area contributed by atoms with Gasteiger partial charge in [0.25, 0.3) is 15.9 Å². The number of hydrogen-bond donors (Lipinski definition) is 1. The van der Waals surface area contributed by atoms with Crippen molar-refractivity contribution in [1.29, 1.82) is 0 Å². The van der Waals surface area contributed by atoms with Crippen molar-refractivity contribution >= 4 is 15.9 Å². The molecular formula is C11H10F3NO4S. The van der Waals surface area contributed by atoms with Crippen LogP contribution in [0.1, 0.15) is 6.92 Å². The normalized spacial score (nSPS) is 11.8. The Morgan fingerprint density at radius 2 is 1.75 bits per heavy atom. The molecule has 0 fully saturated rings. The Kier molecular flexibility index (Phi) is 4.43. The van der Waals surface area contributed by atoms with Crippen molar-refractivity contribution in [2.75, 3.05) is 0 Å². The van der Waals surface area contributed by atoms with Crippen molar-refractivity contribution < 1.29 is 31.1 Å². The number of nitrogens with one attached hydrogen (secondary N) is 1. The molecule has 0 unspecified atom stereocenters. The number of halogens is 3. The van der Waals surface area contributed by atoms with E-state index in [9.17, 15) is 26.4 Å². The zero-order chi connectivity index (χ0) is 15.6. The predicted octanol–water partition coefficient (Wildman–Crippen LogP) is 1.97. The number of hydrogen-bond acceptors (Lipinski definition) is 4. The number of amides is 1. The predicted molar refractivity (Wildman–Crippen MR) is 63.3 cm³/mol. The van der Waals surface area contributed by atoms with E-state index < -0.39 is 28.0 Å². The Balaban J connectivity index is 2.93. The summed E-state index contributed by atoms with van der Waals surface area (Å²) >= 11 is 0. The standard InChI is InChI=1S/C11H10F3NO4S/c1-7(2)10(16)15-20(17,18)9-5-3-8(4-6-9)19-11(12,13)14/h3-6H,1H2,2H3,(H,15,16). The number of benzene rings is 1. The molecule has 0 heterocycles. The molecule has 110 valence electrons. The maximum Gasteiger partial charge on any atom is 0.573 e. The van der Waals surface area contributed by atoms with Gasteiger partial charge in [0.2, 0.25) is 0 Å². The van der Waals surface area contributed by atoms with Gasteiger partial charge >= 0.3 is 6.36 Å². The van der Waals surface area contributed by atoms with Crippen molar-refractivity contribution in [3.05, 3.63) is 36.4 Å². The SMILES string of the molecule is C=C(C)C(=O)NS(=O)(=O)c1ccc(OC(F)(F)F)cc1. The third-order valence-electron chi connectivity index (χ3n) is 1.98. The Morgan fingerprint density at radius 1 is 1.25 bits per heavy atom. The van der Waals surface area contributed by atoms with Crippen molar-refractivity contribution in [3.63, 3.8) is 0 Å². The Hall–Kier alpha value is -2.03. The van der Waals surface area contributed by atoms with Crippen LogP contribution in [0.3, 0.4) is 0 Å². The third kappa shape index (κ3) is 4.57. The zero-order valence-corrected chi connectivity index (χ0v) is 11.0. The number of ether oxygens (including phenoxy) is 1. The molecule has 0 spiro atoms. The Labute approximate surface area is 113 Å². The summed E-state index contributed by atoms with van der Waals surface area (Å²) in [5.41, 5.74) is -0.0226. The lowest BCUT2D eigenvalue weighted by molar-refractivity contribution is -0.274. The van der Waals surface area contributed by atoms with Crippen LogP contribution in [0.4, 0.5) is 13.2 Å². The second-order valence-corrected chi connectivity index (χ2v) is 5.42. The highest BCUT2D eigenvalue weighted by Crippen LogP contribution is 2.23. The molecule has 1 amide bonds. The minimum absolute atomic E-state index is 0.0226. The van der Waals surface area contributed by atoms with Gasteiger partial charge in [0.15, 0.2) is 0 Å². The summed E-state index contributed by atoms with van der Waals surface area (Å²) in [6.07, 6.45) is -4.87. The largest absolute Gasteiger partial charge is 0.573 e. The van der Waals surface area contributed by atoms with Crippen molar-refractivity contribution in [3.8, 4) is 5.75 Å². The average Bonchev–Trinajstić information content (AvgIpc) is 2.26. The first-order valence-electron chi connectivity index (χ1n) is 5.10. The average molecular weight is 309 g/mol. The maximum absolute atomic E-state index is 11.9. The lowest BCUT2D eigenvalue weighted by atomic mass is 10.3. The van der Waals surface area contributed by atoms with Gasteiger partial charge in [-0.2, -0.15) is 0 Å². The van der Waals surface area contributed by atoms with Crippen LogP contribution >= 0.6 is 0 Å². The van der Waals surface area contributed by atoms with E-state index in [1.54, 1.807) is 4.72 Å². The number of rotatable bonds is 4. The molecule has 9 heteroatoms. The van der Waals surface area contributed by atoms with E-state index in [4.69, 9.17) is 0 Å². The lowest BCUT2D eigenvalue weighted by Gasteiger charge is -2.10. The van der Waals surface area contributed by atoms with Gasteiger partial charge in [0.05, 0.1) is 4.90 Å². The molecule has 1 rings (SSSR count). The van der Waals surface area contributed by atoms with E-state index in [1.165, 1.54) is 6.92 Å². The monoisotopic (exact) mass is 309 g/mol. The molecule has 0 bridgehead atoms. The Bertz CT molecular complexity index is 620. The zero-order valence-electron chi connectivity index (χ0n) is 10.2. The molecule has 0 saturated heterocycles. The number of sulfonamides is 1. The smallest absolute Gasteiger partial charge is 0.406 e. The first-order valence-corrected chi connectivity index (χ1v) is 6.58. The second-order valence-electron chi connectivity index (χ2n) is 3.73. The summed E-state index contributed by atoms with van der Waals surface area (Å²) in [5, 5.41) is 0. The summed E-state index contributed by atoms with van der Waals surface area (Å²) < 4.78 is 64.5. The van der Waals surface area contributed by atoms with Gasteiger partial charge in [-0.3, -0.25) is 4.79 Å². The van der Waals surface area contributed by atoms with Crippen LogP contribution < -0.4 is 9.46 Å². The van der Waals surface area contributed by atoms with Crippen LogP contribution in [0.2, 0.25) is 0 Å². The summed E-state index contributed by atoms with van der Waals surface area (Å²) in [6, 6.07) is 3.42. The van der Waals surface area contributed by atoms with Crippen LogP contribution in [0.5, 0.6) is 5.75 Å². The third-order valence-corrected chi connectivity index (χ3v) is 3.33. The van der Waals surface area contributed by atoms with Gasteiger partial charge in [0, 0.05) is 5.57 Å². The van der Waals surface area contributed by atoms with Gasteiger partial charge in [-0.25, -0.2) is 13.1 Å². The topological polar surface area (TPSA) is 72.5 Å². The van der Waals surface area contributed by atoms with Crippen LogP contribution in [0, 0.1) is 0 Å². The van der Waals surface area contributed by atoms with Gasteiger partial charge in [-0.1, -0.05) is 6.58 Å². The second kappa shape index (κ2) is 5.53. The maximum atomic E-state index is 11.9. The van der Waals surface area contributed by atoms with E-state index in [2.05, 4.69) is 11.3 Å². The fourth-order valence-electron chi connectivity index (χ4n) is 1.09. The molecule has 0 atom stereocenters. The van der Waals surface area contributed by atoms with E-state index in [1.807, 2.05) is 0 Å². The first-order chi connectivity index (χ1) is 9.01. The van der Waals surface area contributed by atoms with Crippen LogP contribution in [-0.2, 0) is 14.8 Å². The highest BCUT2D eigenvalue weighted by molar-refractivity contribution is 7.90. The molecular weight excluding hydrogens is 299 g/mol. The molecule has 0 aliphatic carbocycles. The lowest BCUT2D eigenvalue weighted by Crippen LogP contribution is -2.30. The van der Waals surface area contributed by atoms with Crippen LogP contribution in [0.25, 0.3) is 0 Å². The van der Waals surface area contributed by atoms with E-state index in [0.717, 1.165) is 24.3 Å². The summed E-state index contributed by atoms with van der Waals surface area (Å²) in [5.74, 6) is -1.47. The molecule has 5 nitrogen and oxygen atoms in total. The van der Waals surface area contributed by atoms with Crippen molar-refractivity contribution in [2.24, 2.45) is 0 Å². The van der Waals surface area contributed by atoms with E-state index in [0.29, 0.717) is 0 Å². The molecule has 0 aliphatic heterocycles. The van der Waals surface area contributed by atoms with Gasteiger partial charge in [-0.15, -0.1) is 13.2 Å². The summed E-state index contributed by atoms with van der Waals surface area (Å²) in [4.78, 5) is 10.8. The molecule has 0 saturated carbocycles. The van der Waals surface area contributed by atoms with Gasteiger partial charge in [-0.05, 0) is 31.2 Å². The van der Waals surface area contributed by atoms with Crippen molar-refractivity contribution in [2.45, 2.75) is 18.2 Å². The summed E-state index contributed by atoms with van der Waals surface area (Å²) in [6.45, 7) is 4.58. The molecule has 1 aromatic rings. The first kappa shape index (κ1) is 16.0. The minimum atomic E-state index is -4.87. The van der Waals surface area contributed by atoms with E-state index in [-0.39, 0.29) is 10.5 Å².